The summed E-state index contributed by atoms with van der Waals surface area (Å²) in [5.74, 6) is 1.70. The number of nitrogens with one attached hydrogen (secondary N) is 1. The first-order valence-corrected chi connectivity index (χ1v) is 6.33. The molecule has 1 N–H and O–H groups in total. The largest absolute Gasteiger partial charge is 0.490 e. The minimum absolute atomic E-state index is 0.617. The number of likely N-dealkylation sites (N-methyl/N-ethyl adjacent to an activating group) is 1. The second-order valence-electron chi connectivity index (χ2n) is 4.44. The van der Waals surface area contributed by atoms with E-state index in [-0.39, 0.29) is 0 Å². The van der Waals surface area contributed by atoms with E-state index in [4.69, 9.17) is 4.74 Å². The summed E-state index contributed by atoms with van der Waals surface area (Å²) in [6, 6.07) is 4.47. The molecule has 0 aromatic carbocycles. The van der Waals surface area contributed by atoms with Gasteiger partial charge in [0.05, 0.1) is 6.61 Å². The number of anilines is 1. The van der Waals surface area contributed by atoms with E-state index in [0.29, 0.717) is 12.6 Å². The lowest BCUT2D eigenvalue weighted by molar-refractivity contribution is 0.320. The molecule has 0 saturated carbocycles. The molecule has 1 aliphatic heterocycles. The Morgan fingerprint density at radius 2 is 2.47 bits per heavy atom. The fraction of sp³-hybridized carbons (Fsp3) is 0.615. The van der Waals surface area contributed by atoms with Crippen molar-refractivity contribution in [2.45, 2.75) is 25.8 Å². The Morgan fingerprint density at radius 3 is 3.18 bits per heavy atom. The third-order valence-electron chi connectivity index (χ3n) is 3.25. The Labute approximate surface area is 103 Å². The SMILES string of the molecule is CCOc1cccnc1NCC1CCCN1C. The van der Waals surface area contributed by atoms with E-state index in [2.05, 4.69) is 22.2 Å². The summed E-state index contributed by atoms with van der Waals surface area (Å²) in [6.45, 7) is 4.80. The predicted molar refractivity (Wildman–Crippen MR) is 69.5 cm³/mol. The van der Waals surface area contributed by atoms with Crippen LogP contribution in [0.3, 0.4) is 0 Å². The molecule has 4 nitrogen and oxygen atoms in total. The molecule has 17 heavy (non-hydrogen) atoms. The van der Waals surface area contributed by atoms with Gasteiger partial charge in [-0.2, -0.15) is 0 Å². The number of pyridine rings is 1. The molecule has 1 saturated heterocycles. The van der Waals surface area contributed by atoms with Gasteiger partial charge in [-0.3, -0.25) is 0 Å². The smallest absolute Gasteiger partial charge is 0.168 e. The molecule has 1 aliphatic rings. The van der Waals surface area contributed by atoms with Crippen LogP contribution in [0.5, 0.6) is 5.75 Å². The van der Waals surface area contributed by atoms with Crippen LogP contribution in [0.4, 0.5) is 5.82 Å². The summed E-state index contributed by atoms with van der Waals surface area (Å²) in [4.78, 5) is 6.73. The van der Waals surface area contributed by atoms with Gasteiger partial charge in [-0.25, -0.2) is 4.98 Å². The van der Waals surface area contributed by atoms with Crippen molar-refractivity contribution in [2.75, 3.05) is 32.1 Å². The van der Waals surface area contributed by atoms with Gasteiger partial charge in [-0.05, 0) is 45.5 Å². The molecule has 1 fully saturated rings. The Hall–Kier alpha value is -1.29. The quantitative estimate of drug-likeness (QED) is 0.847. The van der Waals surface area contributed by atoms with E-state index in [1.807, 2.05) is 19.1 Å². The van der Waals surface area contributed by atoms with Gasteiger partial charge in [0, 0.05) is 18.8 Å². The fourth-order valence-electron chi connectivity index (χ4n) is 2.25. The summed E-state index contributed by atoms with van der Waals surface area (Å²) >= 11 is 0. The average molecular weight is 235 g/mol. The molecular weight excluding hydrogens is 214 g/mol. The second kappa shape index (κ2) is 5.87. The number of rotatable bonds is 5. The zero-order valence-electron chi connectivity index (χ0n) is 10.6. The van der Waals surface area contributed by atoms with E-state index in [0.717, 1.165) is 18.1 Å². The Balaban J connectivity index is 1.93. The van der Waals surface area contributed by atoms with Crippen molar-refractivity contribution in [3.05, 3.63) is 18.3 Å². The molecule has 1 aromatic heterocycles. The maximum absolute atomic E-state index is 5.54. The molecule has 0 amide bonds. The lowest BCUT2D eigenvalue weighted by Crippen LogP contribution is -2.31. The molecule has 1 atom stereocenters. The first kappa shape index (κ1) is 12.2. The monoisotopic (exact) mass is 235 g/mol. The third kappa shape index (κ3) is 3.09. The van der Waals surface area contributed by atoms with Gasteiger partial charge >= 0.3 is 0 Å². The third-order valence-corrected chi connectivity index (χ3v) is 3.25. The maximum atomic E-state index is 5.54. The molecular formula is C13H21N3O. The molecule has 0 radical (unpaired) electrons. The van der Waals surface area contributed by atoms with Crippen LogP contribution in [0, 0.1) is 0 Å². The van der Waals surface area contributed by atoms with Crippen LogP contribution in [0.2, 0.25) is 0 Å². The zero-order valence-corrected chi connectivity index (χ0v) is 10.6. The lowest BCUT2D eigenvalue weighted by Gasteiger charge is -2.20. The average Bonchev–Trinajstić information content (AvgIpc) is 2.74. The standard InChI is InChI=1S/C13H21N3O/c1-3-17-12-7-4-8-14-13(12)15-10-11-6-5-9-16(11)2/h4,7-8,11H,3,5-6,9-10H2,1-2H3,(H,14,15). The van der Waals surface area contributed by atoms with Crippen LogP contribution >= 0.6 is 0 Å². The molecule has 94 valence electrons. The van der Waals surface area contributed by atoms with E-state index in [1.54, 1.807) is 6.20 Å². The van der Waals surface area contributed by atoms with Crippen molar-refractivity contribution >= 4 is 5.82 Å². The summed E-state index contributed by atoms with van der Waals surface area (Å²) in [6.07, 6.45) is 4.35. The topological polar surface area (TPSA) is 37.4 Å². The number of likely N-dealkylation sites (tertiary alicyclic amines) is 1. The van der Waals surface area contributed by atoms with Gasteiger partial charge < -0.3 is 15.0 Å². The second-order valence-corrected chi connectivity index (χ2v) is 4.44. The van der Waals surface area contributed by atoms with Crippen LogP contribution < -0.4 is 10.1 Å². The first-order valence-electron chi connectivity index (χ1n) is 6.33. The Bertz CT molecular complexity index is 356. The highest BCUT2D eigenvalue weighted by Crippen LogP contribution is 2.22. The minimum Gasteiger partial charge on any atom is -0.490 e. The maximum Gasteiger partial charge on any atom is 0.168 e. The summed E-state index contributed by atoms with van der Waals surface area (Å²) < 4.78 is 5.54. The van der Waals surface area contributed by atoms with E-state index in [9.17, 15) is 0 Å². The normalized spacial score (nSPS) is 20.5. The highest BCUT2D eigenvalue weighted by molar-refractivity contribution is 5.49. The van der Waals surface area contributed by atoms with Gasteiger partial charge in [0.25, 0.3) is 0 Å². The molecule has 4 heteroatoms. The summed E-state index contributed by atoms with van der Waals surface area (Å²) in [5.41, 5.74) is 0. The van der Waals surface area contributed by atoms with Crippen LogP contribution in [0.15, 0.2) is 18.3 Å². The van der Waals surface area contributed by atoms with Crippen molar-refractivity contribution in [3.63, 3.8) is 0 Å². The Morgan fingerprint density at radius 1 is 1.59 bits per heavy atom. The number of hydrogen-bond acceptors (Lipinski definition) is 4. The van der Waals surface area contributed by atoms with Crippen molar-refractivity contribution in [1.82, 2.24) is 9.88 Å². The van der Waals surface area contributed by atoms with Crippen LogP contribution in [0.25, 0.3) is 0 Å². The molecule has 2 rings (SSSR count). The van der Waals surface area contributed by atoms with Crippen LogP contribution in [-0.2, 0) is 0 Å². The van der Waals surface area contributed by atoms with E-state index < -0.39 is 0 Å². The number of aromatic nitrogens is 1. The number of hydrogen-bond donors (Lipinski definition) is 1. The molecule has 1 unspecified atom stereocenters. The molecule has 0 spiro atoms. The number of nitrogens with zero attached hydrogens (tertiary/aromatic N) is 2. The molecule has 0 bridgehead atoms. The Kier molecular flexibility index (Phi) is 4.20. The van der Waals surface area contributed by atoms with Crippen molar-refractivity contribution < 1.29 is 4.74 Å². The first-order chi connectivity index (χ1) is 8.31. The van der Waals surface area contributed by atoms with Crippen molar-refractivity contribution in [3.8, 4) is 5.75 Å². The lowest BCUT2D eigenvalue weighted by atomic mass is 10.2. The highest BCUT2D eigenvalue weighted by atomic mass is 16.5. The van der Waals surface area contributed by atoms with Crippen LogP contribution in [0.1, 0.15) is 19.8 Å². The fourth-order valence-corrected chi connectivity index (χ4v) is 2.25. The van der Waals surface area contributed by atoms with E-state index in [1.165, 1.54) is 19.4 Å². The summed E-state index contributed by atoms with van der Waals surface area (Å²) in [5, 5.41) is 3.39. The van der Waals surface area contributed by atoms with Gasteiger partial charge in [0.15, 0.2) is 11.6 Å². The zero-order chi connectivity index (χ0) is 12.1. The summed E-state index contributed by atoms with van der Waals surface area (Å²) in [7, 11) is 2.18. The van der Waals surface area contributed by atoms with Crippen LogP contribution in [-0.4, -0.2) is 42.7 Å². The van der Waals surface area contributed by atoms with E-state index >= 15 is 0 Å². The van der Waals surface area contributed by atoms with Gasteiger partial charge in [0.2, 0.25) is 0 Å². The van der Waals surface area contributed by atoms with Gasteiger partial charge in [-0.15, -0.1) is 0 Å². The number of ether oxygens (including phenoxy) is 1. The predicted octanol–water partition coefficient (Wildman–Crippen LogP) is 1.99. The van der Waals surface area contributed by atoms with Crippen molar-refractivity contribution in [1.29, 1.82) is 0 Å². The van der Waals surface area contributed by atoms with Crippen molar-refractivity contribution in [2.24, 2.45) is 0 Å². The molecule has 1 aromatic rings. The molecule has 2 heterocycles. The van der Waals surface area contributed by atoms with Gasteiger partial charge in [-0.1, -0.05) is 0 Å². The highest BCUT2D eigenvalue weighted by Gasteiger charge is 2.20. The molecule has 0 aliphatic carbocycles. The minimum atomic E-state index is 0.617. The van der Waals surface area contributed by atoms with Gasteiger partial charge in [0.1, 0.15) is 0 Å².